The zero-order valence-corrected chi connectivity index (χ0v) is 14.5. The molecule has 0 saturated carbocycles. The van der Waals surface area contributed by atoms with Gasteiger partial charge in [0.1, 0.15) is 4.60 Å². The third-order valence-corrected chi connectivity index (χ3v) is 4.69. The molecular formula is C18H19BrN2. The van der Waals surface area contributed by atoms with Gasteiger partial charge in [-0.15, -0.1) is 0 Å². The number of aliphatic imine (C=N–C) groups is 1. The second-order valence-electron chi connectivity index (χ2n) is 6.35. The summed E-state index contributed by atoms with van der Waals surface area (Å²) in [5.41, 5.74) is 7.25. The highest BCUT2D eigenvalue weighted by Crippen LogP contribution is 2.36. The van der Waals surface area contributed by atoms with Crippen molar-refractivity contribution in [3.63, 3.8) is 0 Å². The molecule has 2 aromatic rings. The van der Waals surface area contributed by atoms with Gasteiger partial charge in [0.25, 0.3) is 0 Å². The molecule has 0 fully saturated rings. The van der Waals surface area contributed by atoms with E-state index in [2.05, 4.69) is 70.9 Å². The summed E-state index contributed by atoms with van der Waals surface area (Å²) in [5, 5.41) is 0. The van der Waals surface area contributed by atoms with E-state index in [-0.39, 0.29) is 5.54 Å². The van der Waals surface area contributed by atoms with Crippen LogP contribution in [0.2, 0.25) is 0 Å². The maximum absolute atomic E-state index is 4.64. The van der Waals surface area contributed by atoms with Gasteiger partial charge in [-0.1, -0.05) is 18.2 Å². The predicted octanol–water partition coefficient (Wildman–Crippen LogP) is 4.88. The molecule has 0 spiro atoms. The van der Waals surface area contributed by atoms with E-state index in [1.807, 2.05) is 13.1 Å². The zero-order chi connectivity index (χ0) is 15.2. The number of aryl methyl sites for hydroxylation is 2. The molecule has 0 N–H and O–H groups in total. The van der Waals surface area contributed by atoms with E-state index in [1.165, 1.54) is 27.8 Å². The molecule has 0 unspecified atom stereocenters. The van der Waals surface area contributed by atoms with Crippen LogP contribution in [0.1, 0.15) is 36.2 Å². The number of halogens is 1. The van der Waals surface area contributed by atoms with Gasteiger partial charge in [-0.2, -0.15) is 0 Å². The molecular weight excluding hydrogens is 324 g/mol. The van der Waals surface area contributed by atoms with E-state index in [0.717, 1.165) is 16.7 Å². The highest BCUT2D eigenvalue weighted by atomic mass is 79.9. The minimum absolute atomic E-state index is 0.0389. The van der Waals surface area contributed by atoms with Crippen molar-refractivity contribution < 1.29 is 0 Å². The summed E-state index contributed by atoms with van der Waals surface area (Å²) in [7, 11) is 0. The van der Waals surface area contributed by atoms with Crippen LogP contribution in [0.5, 0.6) is 0 Å². The molecule has 0 bridgehead atoms. The zero-order valence-electron chi connectivity index (χ0n) is 12.9. The number of pyridine rings is 1. The molecule has 0 amide bonds. The number of fused-ring (bicyclic) bond motifs is 1. The number of nitrogens with zero attached hydrogens (tertiary/aromatic N) is 2. The number of aromatic nitrogens is 1. The molecule has 0 atom stereocenters. The summed E-state index contributed by atoms with van der Waals surface area (Å²) in [6.45, 7) is 8.51. The molecule has 108 valence electrons. The first-order chi connectivity index (χ1) is 9.87. The fourth-order valence-corrected chi connectivity index (χ4v) is 3.36. The normalized spacial score (nSPS) is 15.9. The Labute approximate surface area is 134 Å². The Morgan fingerprint density at radius 1 is 1.14 bits per heavy atom. The first-order valence-corrected chi connectivity index (χ1v) is 7.98. The molecule has 1 aromatic carbocycles. The van der Waals surface area contributed by atoms with Crippen LogP contribution in [0.3, 0.4) is 0 Å². The molecule has 21 heavy (non-hydrogen) atoms. The van der Waals surface area contributed by atoms with Gasteiger partial charge in [-0.05, 0) is 78.4 Å². The number of hydrogen-bond donors (Lipinski definition) is 0. The third kappa shape index (κ3) is 2.67. The highest BCUT2D eigenvalue weighted by Gasteiger charge is 2.25. The van der Waals surface area contributed by atoms with E-state index in [1.54, 1.807) is 0 Å². The van der Waals surface area contributed by atoms with Gasteiger partial charge in [0, 0.05) is 17.5 Å². The summed E-state index contributed by atoms with van der Waals surface area (Å²) in [5.74, 6) is 0. The molecule has 2 heterocycles. The Hall–Kier alpha value is -1.48. The summed E-state index contributed by atoms with van der Waals surface area (Å²) in [4.78, 5) is 9.26. The van der Waals surface area contributed by atoms with Gasteiger partial charge in [-0.25, -0.2) is 4.98 Å². The lowest BCUT2D eigenvalue weighted by molar-refractivity contribution is 0.516. The second kappa shape index (κ2) is 5.06. The molecule has 1 aromatic heterocycles. The first kappa shape index (κ1) is 14.5. The van der Waals surface area contributed by atoms with Crippen molar-refractivity contribution in [2.24, 2.45) is 4.99 Å². The van der Waals surface area contributed by atoms with Crippen LogP contribution in [-0.4, -0.2) is 16.7 Å². The highest BCUT2D eigenvalue weighted by molar-refractivity contribution is 9.10. The van der Waals surface area contributed by atoms with Crippen molar-refractivity contribution in [3.8, 4) is 11.1 Å². The molecule has 0 saturated heterocycles. The SMILES string of the molecule is Cc1cc(-c2cccc3c2CC(C)(C)N=C3)c(Br)nc1C. The maximum Gasteiger partial charge on any atom is 0.114 e. The van der Waals surface area contributed by atoms with Gasteiger partial charge >= 0.3 is 0 Å². The number of benzene rings is 1. The standard InChI is InChI=1S/C18H19BrN2/c1-11-8-15(17(19)21-12(11)2)14-7-5-6-13-10-20-18(3,4)9-16(13)14/h5-8,10H,9H2,1-4H3. The van der Waals surface area contributed by atoms with E-state index in [9.17, 15) is 0 Å². The smallest absolute Gasteiger partial charge is 0.114 e. The lowest BCUT2D eigenvalue weighted by atomic mass is 9.85. The molecule has 1 aliphatic rings. The van der Waals surface area contributed by atoms with Crippen LogP contribution in [0.4, 0.5) is 0 Å². The van der Waals surface area contributed by atoms with Crippen molar-refractivity contribution in [1.29, 1.82) is 0 Å². The Morgan fingerprint density at radius 3 is 2.67 bits per heavy atom. The average molecular weight is 343 g/mol. The average Bonchev–Trinajstić information content (AvgIpc) is 2.41. The van der Waals surface area contributed by atoms with Gasteiger partial charge in [0.05, 0.1) is 5.54 Å². The van der Waals surface area contributed by atoms with Gasteiger partial charge in [0.2, 0.25) is 0 Å². The van der Waals surface area contributed by atoms with Crippen molar-refractivity contribution in [3.05, 3.63) is 51.3 Å². The minimum atomic E-state index is -0.0389. The Morgan fingerprint density at radius 2 is 1.90 bits per heavy atom. The predicted molar refractivity (Wildman–Crippen MR) is 92.2 cm³/mol. The van der Waals surface area contributed by atoms with Gasteiger partial charge < -0.3 is 0 Å². The van der Waals surface area contributed by atoms with E-state index in [4.69, 9.17) is 0 Å². The minimum Gasteiger partial charge on any atom is -0.286 e. The Kier molecular flexibility index (Phi) is 3.48. The number of rotatable bonds is 1. The Bertz CT molecular complexity index is 745. The van der Waals surface area contributed by atoms with Crippen LogP contribution < -0.4 is 0 Å². The summed E-state index contributed by atoms with van der Waals surface area (Å²) in [6, 6.07) is 8.64. The summed E-state index contributed by atoms with van der Waals surface area (Å²) in [6.07, 6.45) is 2.96. The van der Waals surface area contributed by atoms with Crippen molar-refractivity contribution in [2.75, 3.05) is 0 Å². The molecule has 0 aliphatic carbocycles. The van der Waals surface area contributed by atoms with Crippen LogP contribution in [0, 0.1) is 13.8 Å². The van der Waals surface area contributed by atoms with Crippen molar-refractivity contribution in [2.45, 2.75) is 39.7 Å². The quantitative estimate of drug-likeness (QED) is 0.678. The monoisotopic (exact) mass is 342 g/mol. The molecule has 1 aliphatic heterocycles. The molecule has 2 nitrogen and oxygen atoms in total. The van der Waals surface area contributed by atoms with Crippen LogP contribution in [-0.2, 0) is 6.42 Å². The fourth-order valence-electron chi connectivity index (χ4n) is 2.76. The second-order valence-corrected chi connectivity index (χ2v) is 7.10. The van der Waals surface area contributed by atoms with Crippen LogP contribution in [0.15, 0.2) is 33.9 Å². The lowest BCUT2D eigenvalue weighted by Gasteiger charge is -2.27. The lowest BCUT2D eigenvalue weighted by Crippen LogP contribution is -2.25. The van der Waals surface area contributed by atoms with Gasteiger partial charge in [0.15, 0.2) is 0 Å². The molecule has 3 heteroatoms. The van der Waals surface area contributed by atoms with Crippen LogP contribution >= 0.6 is 15.9 Å². The third-order valence-electron chi connectivity index (χ3n) is 4.08. The largest absolute Gasteiger partial charge is 0.286 e. The van der Waals surface area contributed by atoms with Crippen LogP contribution in [0.25, 0.3) is 11.1 Å². The fraction of sp³-hybridized carbons (Fsp3) is 0.333. The van der Waals surface area contributed by atoms with E-state index < -0.39 is 0 Å². The maximum atomic E-state index is 4.64. The molecule has 0 radical (unpaired) electrons. The topological polar surface area (TPSA) is 25.2 Å². The Balaban J connectivity index is 2.22. The number of hydrogen-bond acceptors (Lipinski definition) is 2. The van der Waals surface area contributed by atoms with E-state index in [0.29, 0.717) is 0 Å². The van der Waals surface area contributed by atoms with E-state index >= 15 is 0 Å². The van der Waals surface area contributed by atoms with Crippen molar-refractivity contribution >= 4 is 22.1 Å². The van der Waals surface area contributed by atoms with Gasteiger partial charge in [-0.3, -0.25) is 4.99 Å². The molecule has 3 rings (SSSR count). The summed E-state index contributed by atoms with van der Waals surface area (Å²) < 4.78 is 0.916. The van der Waals surface area contributed by atoms with Crippen molar-refractivity contribution in [1.82, 2.24) is 4.98 Å². The first-order valence-electron chi connectivity index (χ1n) is 7.19. The summed E-state index contributed by atoms with van der Waals surface area (Å²) >= 11 is 3.63.